The van der Waals surface area contributed by atoms with E-state index in [-0.39, 0.29) is 13.0 Å². The van der Waals surface area contributed by atoms with Crippen LogP contribution in [0.1, 0.15) is 90.4 Å². The topological polar surface area (TPSA) is 60.7 Å². The van der Waals surface area contributed by atoms with Gasteiger partial charge in [0.15, 0.2) is 0 Å². The van der Waals surface area contributed by atoms with Gasteiger partial charge in [0.2, 0.25) is 0 Å². The number of rotatable bonds is 16. The molecule has 132 valence electrons. The summed E-state index contributed by atoms with van der Waals surface area (Å²) in [6.07, 6.45) is 18.2. The molecule has 22 heavy (non-hydrogen) atoms. The normalized spacial score (nSPS) is 14.5. The maximum absolute atomic E-state index is 9.61. The first-order valence-corrected chi connectivity index (χ1v) is 9.32. The molecule has 0 bridgehead atoms. The van der Waals surface area contributed by atoms with Crippen molar-refractivity contribution >= 4 is 0 Å². The van der Waals surface area contributed by atoms with Gasteiger partial charge >= 0.3 is 0 Å². The molecule has 0 rings (SSSR count). The Balaban J connectivity index is 3.23. The third-order valence-electron chi connectivity index (χ3n) is 4.05. The first-order valence-electron chi connectivity index (χ1n) is 9.32. The number of unbranched alkanes of at least 4 members (excludes halogenated alkanes) is 10. The van der Waals surface area contributed by atoms with Gasteiger partial charge < -0.3 is 15.3 Å². The van der Waals surface area contributed by atoms with E-state index in [4.69, 9.17) is 5.11 Å². The quantitative estimate of drug-likeness (QED) is 0.293. The Hall–Kier alpha value is -0.380. The Bertz CT molecular complexity index is 241. The lowest BCUT2D eigenvalue weighted by Gasteiger charge is -2.11. The van der Waals surface area contributed by atoms with Crippen LogP contribution >= 0.6 is 0 Å². The van der Waals surface area contributed by atoms with Crippen LogP contribution in [-0.4, -0.2) is 34.1 Å². The second-order valence-corrected chi connectivity index (χ2v) is 6.40. The van der Waals surface area contributed by atoms with Crippen molar-refractivity contribution in [2.75, 3.05) is 6.61 Å². The number of hydrogen-bond donors (Lipinski definition) is 3. The molecule has 0 saturated heterocycles. The van der Waals surface area contributed by atoms with Gasteiger partial charge in [0.25, 0.3) is 0 Å². The molecule has 0 radical (unpaired) electrons. The van der Waals surface area contributed by atoms with Gasteiger partial charge in [0, 0.05) is 6.42 Å². The molecular formula is C19H38O3. The molecule has 3 N–H and O–H groups in total. The smallest absolute Gasteiger partial charge is 0.0795 e. The Labute approximate surface area is 137 Å². The van der Waals surface area contributed by atoms with Crippen LogP contribution in [0.3, 0.4) is 0 Å². The summed E-state index contributed by atoms with van der Waals surface area (Å²) >= 11 is 0. The molecule has 0 spiro atoms. The van der Waals surface area contributed by atoms with Gasteiger partial charge in [0.1, 0.15) is 0 Å². The third kappa shape index (κ3) is 16.0. The maximum atomic E-state index is 9.61. The van der Waals surface area contributed by atoms with Gasteiger partial charge in [0.05, 0.1) is 18.8 Å². The molecule has 0 aliphatic carbocycles. The molecule has 2 unspecified atom stereocenters. The number of aliphatic hydroxyl groups is 3. The number of hydrogen-bond acceptors (Lipinski definition) is 3. The minimum atomic E-state index is -0.801. The van der Waals surface area contributed by atoms with Gasteiger partial charge in [-0.25, -0.2) is 0 Å². The fraction of sp³-hybridized carbons (Fsp3) is 0.895. The van der Waals surface area contributed by atoms with E-state index in [1.807, 2.05) is 6.08 Å². The molecular weight excluding hydrogens is 276 g/mol. The molecule has 0 saturated carbocycles. The lowest BCUT2D eigenvalue weighted by molar-refractivity contribution is 0.0428. The van der Waals surface area contributed by atoms with Crippen molar-refractivity contribution in [1.29, 1.82) is 0 Å². The van der Waals surface area contributed by atoms with Crippen molar-refractivity contribution in [2.45, 2.75) is 103 Å². The fourth-order valence-electron chi connectivity index (χ4n) is 2.61. The van der Waals surface area contributed by atoms with E-state index in [2.05, 4.69) is 13.0 Å². The van der Waals surface area contributed by atoms with Crippen LogP contribution in [0.4, 0.5) is 0 Å². The van der Waals surface area contributed by atoms with Gasteiger partial charge in [-0.2, -0.15) is 0 Å². The monoisotopic (exact) mass is 314 g/mol. The summed E-state index contributed by atoms with van der Waals surface area (Å²) in [5.74, 6) is 0. The Morgan fingerprint density at radius 1 is 0.727 bits per heavy atom. The van der Waals surface area contributed by atoms with E-state index < -0.39 is 12.2 Å². The van der Waals surface area contributed by atoms with E-state index in [9.17, 15) is 10.2 Å². The average molecular weight is 315 g/mol. The third-order valence-corrected chi connectivity index (χ3v) is 4.05. The van der Waals surface area contributed by atoms with Gasteiger partial charge in [-0.3, -0.25) is 0 Å². The van der Waals surface area contributed by atoms with Crippen LogP contribution in [-0.2, 0) is 0 Å². The van der Waals surface area contributed by atoms with Gasteiger partial charge in [-0.1, -0.05) is 76.9 Å². The van der Waals surface area contributed by atoms with Crippen molar-refractivity contribution in [2.24, 2.45) is 0 Å². The van der Waals surface area contributed by atoms with Crippen LogP contribution in [0.25, 0.3) is 0 Å². The lowest BCUT2D eigenvalue weighted by atomic mass is 10.1. The van der Waals surface area contributed by atoms with Gasteiger partial charge in [-0.15, -0.1) is 0 Å². The summed E-state index contributed by atoms with van der Waals surface area (Å²) in [6.45, 7) is 1.98. The molecule has 0 amide bonds. The molecule has 0 aromatic carbocycles. The minimum Gasteiger partial charge on any atom is -0.394 e. The molecule has 0 fully saturated rings. The first kappa shape index (κ1) is 21.6. The van der Waals surface area contributed by atoms with Crippen molar-refractivity contribution in [3.8, 4) is 0 Å². The summed E-state index contributed by atoms with van der Waals surface area (Å²) in [6, 6.07) is 0. The zero-order valence-corrected chi connectivity index (χ0v) is 14.6. The van der Waals surface area contributed by atoms with Crippen LogP contribution in [0, 0.1) is 0 Å². The van der Waals surface area contributed by atoms with Crippen LogP contribution < -0.4 is 0 Å². The Kier molecular flexibility index (Phi) is 16.7. The molecule has 3 nitrogen and oxygen atoms in total. The average Bonchev–Trinajstić information content (AvgIpc) is 2.51. The fourth-order valence-corrected chi connectivity index (χ4v) is 2.61. The highest BCUT2D eigenvalue weighted by molar-refractivity contribution is 4.84. The molecule has 2 atom stereocenters. The SMILES string of the molecule is CCCCCCCCCCCCC=CCC(O)CC(O)CO. The van der Waals surface area contributed by atoms with Crippen molar-refractivity contribution < 1.29 is 15.3 Å². The second kappa shape index (κ2) is 17.0. The predicted molar refractivity (Wildman–Crippen MR) is 93.9 cm³/mol. The van der Waals surface area contributed by atoms with E-state index in [0.717, 1.165) is 6.42 Å². The van der Waals surface area contributed by atoms with Crippen molar-refractivity contribution in [3.05, 3.63) is 12.2 Å². The van der Waals surface area contributed by atoms with E-state index in [1.54, 1.807) is 0 Å². The molecule has 3 heteroatoms. The summed E-state index contributed by atoms with van der Waals surface area (Å²) in [5, 5.41) is 27.5. The lowest BCUT2D eigenvalue weighted by Crippen LogP contribution is -2.20. The summed E-state index contributed by atoms with van der Waals surface area (Å²) in [5.41, 5.74) is 0. The highest BCUT2D eigenvalue weighted by atomic mass is 16.3. The van der Waals surface area contributed by atoms with Crippen LogP contribution in [0.2, 0.25) is 0 Å². The van der Waals surface area contributed by atoms with E-state index in [1.165, 1.54) is 64.2 Å². The first-order chi connectivity index (χ1) is 10.7. The second-order valence-electron chi connectivity index (χ2n) is 6.40. The van der Waals surface area contributed by atoms with E-state index in [0.29, 0.717) is 6.42 Å². The molecule has 0 heterocycles. The Morgan fingerprint density at radius 2 is 1.27 bits per heavy atom. The zero-order chi connectivity index (χ0) is 16.5. The maximum Gasteiger partial charge on any atom is 0.0795 e. The van der Waals surface area contributed by atoms with Gasteiger partial charge in [-0.05, 0) is 19.3 Å². The largest absolute Gasteiger partial charge is 0.394 e. The highest BCUT2D eigenvalue weighted by Crippen LogP contribution is 2.11. The standard InChI is InChI=1S/C19H38O3/c1-2-3-4-5-6-7-8-9-10-11-12-13-14-15-18(21)16-19(22)17-20/h13-14,18-22H,2-12,15-17H2,1H3. The highest BCUT2D eigenvalue weighted by Gasteiger charge is 2.08. The number of allylic oxidation sites excluding steroid dienone is 1. The van der Waals surface area contributed by atoms with Crippen LogP contribution in [0.5, 0.6) is 0 Å². The summed E-state index contributed by atoms with van der Waals surface area (Å²) in [4.78, 5) is 0. The van der Waals surface area contributed by atoms with E-state index >= 15 is 0 Å². The van der Waals surface area contributed by atoms with Crippen molar-refractivity contribution in [3.63, 3.8) is 0 Å². The molecule has 0 aromatic rings. The molecule has 0 aliphatic heterocycles. The molecule has 0 aromatic heterocycles. The molecule has 0 aliphatic rings. The summed E-state index contributed by atoms with van der Waals surface area (Å²) < 4.78 is 0. The van der Waals surface area contributed by atoms with Crippen LogP contribution in [0.15, 0.2) is 12.2 Å². The predicted octanol–water partition coefficient (Wildman–Crippen LogP) is 4.35. The van der Waals surface area contributed by atoms with Crippen molar-refractivity contribution in [1.82, 2.24) is 0 Å². The summed E-state index contributed by atoms with van der Waals surface area (Å²) in [7, 11) is 0. The zero-order valence-electron chi connectivity index (χ0n) is 14.6. The minimum absolute atomic E-state index is 0.249. The number of aliphatic hydroxyl groups excluding tert-OH is 3. The Morgan fingerprint density at radius 3 is 1.82 bits per heavy atom.